The van der Waals surface area contributed by atoms with E-state index in [1.165, 1.54) is 13.2 Å². The number of fused-ring (bicyclic) bond motifs is 1. The van der Waals surface area contributed by atoms with Crippen molar-refractivity contribution in [1.82, 2.24) is 9.78 Å². The molecular weight excluding hydrogens is 409 g/mol. The maximum Gasteiger partial charge on any atom is 0.410 e. The number of rotatable bonds is 4. The molecule has 31 heavy (non-hydrogen) atoms. The molecular formula is C22H21F3N4O2. The number of carbonyl (C=O) groups is 1. The van der Waals surface area contributed by atoms with Crippen molar-refractivity contribution in [1.29, 1.82) is 0 Å². The fraction of sp³-hybridized carbons (Fsp3) is 0.273. The second-order valence-electron chi connectivity index (χ2n) is 7.39. The topological polar surface area (TPSA) is 68.2 Å². The van der Waals surface area contributed by atoms with Crippen molar-refractivity contribution in [2.75, 3.05) is 17.7 Å². The lowest BCUT2D eigenvalue weighted by Gasteiger charge is -2.33. The van der Waals surface area contributed by atoms with Crippen molar-refractivity contribution in [2.24, 2.45) is 0 Å². The molecule has 0 radical (unpaired) electrons. The Kier molecular flexibility index (Phi) is 5.34. The number of benzene rings is 2. The van der Waals surface area contributed by atoms with Crippen LogP contribution in [-0.2, 0) is 0 Å². The molecule has 1 amide bonds. The first-order valence-corrected chi connectivity index (χ1v) is 9.70. The predicted molar refractivity (Wildman–Crippen MR) is 110 cm³/mol. The van der Waals surface area contributed by atoms with Crippen LogP contribution >= 0.6 is 0 Å². The normalized spacial score (nSPS) is 18.1. The van der Waals surface area contributed by atoms with E-state index in [2.05, 4.69) is 15.7 Å². The molecule has 162 valence electrons. The van der Waals surface area contributed by atoms with Crippen LogP contribution in [0.3, 0.4) is 0 Å². The van der Waals surface area contributed by atoms with Crippen LogP contribution in [0.25, 0.3) is 0 Å². The lowest BCUT2D eigenvalue weighted by Crippen LogP contribution is -2.35. The highest BCUT2D eigenvalue weighted by Gasteiger charge is 2.46. The third-order valence-electron chi connectivity index (χ3n) is 5.33. The summed E-state index contributed by atoms with van der Waals surface area (Å²) < 4.78 is 47.5. The Morgan fingerprint density at radius 3 is 2.55 bits per heavy atom. The largest absolute Gasteiger partial charge is 0.497 e. The minimum absolute atomic E-state index is 0.0876. The zero-order chi connectivity index (χ0) is 22.2. The zero-order valence-electron chi connectivity index (χ0n) is 16.9. The summed E-state index contributed by atoms with van der Waals surface area (Å²) in [7, 11) is 1.52. The van der Waals surface area contributed by atoms with E-state index in [0.717, 1.165) is 10.2 Å². The molecule has 1 aliphatic rings. The van der Waals surface area contributed by atoms with Gasteiger partial charge in [-0.15, -0.1) is 0 Å². The minimum Gasteiger partial charge on any atom is -0.497 e. The molecule has 1 aromatic heterocycles. The third-order valence-corrected chi connectivity index (χ3v) is 5.33. The van der Waals surface area contributed by atoms with Crippen LogP contribution in [0.2, 0.25) is 0 Å². The van der Waals surface area contributed by atoms with Crippen molar-refractivity contribution in [3.05, 3.63) is 71.4 Å². The smallest absolute Gasteiger partial charge is 0.410 e. The average Bonchev–Trinajstić information content (AvgIpc) is 3.18. The van der Waals surface area contributed by atoms with Gasteiger partial charge < -0.3 is 15.4 Å². The van der Waals surface area contributed by atoms with Gasteiger partial charge in [-0.3, -0.25) is 4.79 Å². The van der Waals surface area contributed by atoms with E-state index >= 15 is 0 Å². The van der Waals surface area contributed by atoms with E-state index in [9.17, 15) is 18.0 Å². The molecule has 9 heteroatoms. The lowest BCUT2D eigenvalue weighted by molar-refractivity contribution is -0.173. The van der Waals surface area contributed by atoms with Crippen molar-refractivity contribution in [3.63, 3.8) is 0 Å². The molecule has 2 aromatic carbocycles. The van der Waals surface area contributed by atoms with Gasteiger partial charge >= 0.3 is 6.18 Å². The quantitative estimate of drug-likeness (QED) is 0.603. The molecule has 0 spiro atoms. The van der Waals surface area contributed by atoms with Gasteiger partial charge in [-0.25, -0.2) is 4.68 Å². The van der Waals surface area contributed by atoms with Crippen molar-refractivity contribution >= 4 is 17.4 Å². The van der Waals surface area contributed by atoms with E-state index in [1.807, 2.05) is 19.1 Å². The Bertz CT molecular complexity index is 1090. The van der Waals surface area contributed by atoms with Crippen molar-refractivity contribution in [3.8, 4) is 5.75 Å². The van der Waals surface area contributed by atoms with Crippen LogP contribution in [0.5, 0.6) is 5.75 Å². The standard InChI is InChI=1S/C22H21F3N4O2/c1-13-5-3-4-6-16(13)27-21(30)18-12-20-26-17(14-7-9-15(31-2)10-8-14)11-19(22(23,24)25)29(20)28-18/h3-10,12,17,19,26H,11H2,1-2H3,(H,27,30)/t17-,19+/m0/s1. The molecule has 6 nitrogen and oxygen atoms in total. The number of aryl methyl sites for hydroxylation is 1. The highest BCUT2D eigenvalue weighted by Crippen LogP contribution is 2.43. The van der Waals surface area contributed by atoms with Gasteiger partial charge in [0.2, 0.25) is 0 Å². The molecule has 2 N–H and O–H groups in total. The Morgan fingerprint density at radius 1 is 1.19 bits per heavy atom. The second kappa shape index (κ2) is 7.98. The fourth-order valence-electron chi connectivity index (χ4n) is 3.64. The first-order valence-electron chi connectivity index (χ1n) is 9.70. The summed E-state index contributed by atoms with van der Waals surface area (Å²) in [5.41, 5.74) is 2.02. The Labute approximate surface area is 177 Å². The van der Waals surface area contributed by atoms with Gasteiger partial charge in [0.25, 0.3) is 5.91 Å². The number of aromatic nitrogens is 2. The van der Waals surface area contributed by atoms with Crippen LogP contribution in [-0.4, -0.2) is 29.0 Å². The molecule has 0 fully saturated rings. The predicted octanol–water partition coefficient (Wildman–Crippen LogP) is 5.11. The summed E-state index contributed by atoms with van der Waals surface area (Å²) >= 11 is 0. The number of hydrogen-bond donors (Lipinski definition) is 2. The number of halogens is 3. The molecule has 0 bridgehead atoms. The van der Waals surface area contributed by atoms with Gasteiger partial charge in [0.05, 0.1) is 13.2 Å². The van der Waals surface area contributed by atoms with Gasteiger partial charge in [0.15, 0.2) is 11.7 Å². The molecule has 3 aromatic rings. The van der Waals surface area contributed by atoms with Gasteiger partial charge in [-0.05, 0) is 36.2 Å². The number of nitrogens with one attached hydrogen (secondary N) is 2. The van der Waals surface area contributed by atoms with Crippen LogP contribution in [0.4, 0.5) is 24.7 Å². The number of ether oxygens (including phenoxy) is 1. The average molecular weight is 430 g/mol. The van der Waals surface area contributed by atoms with E-state index in [4.69, 9.17) is 4.74 Å². The number of alkyl halides is 3. The molecule has 4 rings (SSSR count). The summed E-state index contributed by atoms with van der Waals surface area (Å²) in [6.45, 7) is 1.83. The molecule has 0 unspecified atom stereocenters. The second-order valence-corrected chi connectivity index (χ2v) is 7.39. The Balaban J connectivity index is 1.64. The molecule has 0 saturated carbocycles. The van der Waals surface area contributed by atoms with Gasteiger partial charge in [-0.1, -0.05) is 30.3 Å². The van der Waals surface area contributed by atoms with Crippen molar-refractivity contribution in [2.45, 2.75) is 31.6 Å². The number of hydrogen-bond acceptors (Lipinski definition) is 4. The van der Waals surface area contributed by atoms with Crippen molar-refractivity contribution < 1.29 is 22.7 Å². The molecule has 2 heterocycles. The van der Waals surface area contributed by atoms with E-state index < -0.39 is 24.2 Å². The number of nitrogens with zero attached hydrogens (tertiary/aromatic N) is 2. The SMILES string of the molecule is COc1ccc([C@@H]2C[C@H](C(F)(F)F)n3nc(C(=O)Nc4ccccc4C)cc3N2)cc1. The Hall–Kier alpha value is -3.49. The monoisotopic (exact) mass is 430 g/mol. The Morgan fingerprint density at radius 2 is 1.90 bits per heavy atom. The number of methoxy groups -OCH3 is 1. The summed E-state index contributed by atoms with van der Waals surface area (Å²) in [4.78, 5) is 12.7. The number of anilines is 2. The van der Waals surface area contributed by atoms with Crippen LogP contribution in [0, 0.1) is 6.92 Å². The summed E-state index contributed by atoms with van der Waals surface area (Å²) in [6.07, 6.45) is -4.76. The van der Waals surface area contributed by atoms with Gasteiger partial charge in [0.1, 0.15) is 11.6 Å². The highest BCUT2D eigenvalue weighted by molar-refractivity contribution is 6.03. The number of carbonyl (C=O) groups excluding carboxylic acids is 1. The van der Waals surface area contributed by atoms with E-state index in [1.54, 1.807) is 36.4 Å². The maximum absolute atomic E-state index is 13.8. The highest BCUT2D eigenvalue weighted by atomic mass is 19.4. The number of para-hydroxylation sites is 1. The summed E-state index contributed by atoms with van der Waals surface area (Å²) in [6, 6.07) is 12.9. The molecule has 1 aliphatic heterocycles. The van der Waals surface area contributed by atoms with Gasteiger partial charge in [-0.2, -0.15) is 18.3 Å². The third kappa shape index (κ3) is 4.21. The maximum atomic E-state index is 13.8. The van der Waals surface area contributed by atoms with Crippen LogP contribution in [0.1, 0.15) is 40.1 Å². The first kappa shape index (κ1) is 20.8. The summed E-state index contributed by atoms with van der Waals surface area (Å²) in [5, 5.41) is 9.77. The van der Waals surface area contributed by atoms with E-state index in [-0.39, 0.29) is 17.9 Å². The van der Waals surface area contributed by atoms with E-state index in [0.29, 0.717) is 17.0 Å². The van der Waals surface area contributed by atoms with Gasteiger partial charge in [0, 0.05) is 18.2 Å². The molecule has 2 atom stereocenters. The molecule has 0 saturated heterocycles. The fourth-order valence-corrected chi connectivity index (χ4v) is 3.64. The zero-order valence-corrected chi connectivity index (χ0v) is 16.9. The first-order chi connectivity index (χ1) is 14.8. The minimum atomic E-state index is -4.52. The summed E-state index contributed by atoms with van der Waals surface area (Å²) in [5.74, 6) is 0.191. The van der Waals surface area contributed by atoms with Crippen LogP contribution < -0.4 is 15.4 Å². The number of amides is 1. The lowest BCUT2D eigenvalue weighted by atomic mass is 9.97. The molecule has 0 aliphatic carbocycles. The van der Waals surface area contributed by atoms with Crippen LogP contribution in [0.15, 0.2) is 54.6 Å².